The van der Waals surface area contributed by atoms with Crippen molar-refractivity contribution in [2.45, 2.75) is 70.3 Å². The Bertz CT molecular complexity index is 985. The number of halogens is 1. The zero-order valence-corrected chi connectivity index (χ0v) is 19.4. The standard InChI is InChI=1S/C25H33FN2O4/c1-24(2,3)32-23(29)28(4)15-18(14-26)16-30-19-5-6-20-21(13-19)31-22(27-20)25-10-7-17(8-11-25)9-12-25/h5-6,13-14,17H,7-12,15-16H2,1-4H3/b18-14+. The minimum absolute atomic E-state index is 0.0153. The van der Waals surface area contributed by atoms with Gasteiger partial charge in [-0.25, -0.2) is 14.2 Å². The van der Waals surface area contributed by atoms with Gasteiger partial charge in [0, 0.05) is 24.1 Å². The smallest absolute Gasteiger partial charge is 0.410 e. The van der Waals surface area contributed by atoms with Gasteiger partial charge in [0.25, 0.3) is 0 Å². The molecule has 5 rings (SSSR count). The molecule has 3 aliphatic carbocycles. The van der Waals surface area contributed by atoms with E-state index in [1.165, 1.54) is 24.2 Å². The molecule has 1 amide bonds. The summed E-state index contributed by atoms with van der Waals surface area (Å²) < 4.78 is 30.7. The third-order valence-corrected chi connectivity index (χ3v) is 6.63. The summed E-state index contributed by atoms with van der Waals surface area (Å²) in [7, 11) is 1.57. The number of ether oxygens (including phenoxy) is 2. The molecule has 0 spiro atoms. The van der Waals surface area contributed by atoms with Crippen LogP contribution in [0.4, 0.5) is 9.18 Å². The highest BCUT2D eigenvalue weighted by atomic mass is 19.1. The van der Waals surface area contributed by atoms with Gasteiger partial charge in [0.15, 0.2) is 5.58 Å². The maximum absolute atomic E-state index is 13.4. The first-order valence-corrected chi connectivity index (χ1v) is 11.4. The molecular weight excluding hydrogens is 411 g/mol. The van der Waals surface area contributed by atoms with Gasteiger partial charge in [0.05, 0.1) is 12.9 Å². The Balaban J connectivity index is 1.39. The van der Waals surface area contributed by atoms with Crippen molar-refractivity contribution in [3.05, 3.63) is 36.0 Å². The normalized spacial score (nSPS) is 23.4. The molecule has 1 aromatic heterocycles. The van der Waals surface area contributed by atoms with Gasteiger partial charge in [-0.3, -0.25) is 0 Å². The second-order valence-electron chi connectivity index (χ2n) is 10.3. The van der Waals surface area contributed by atoms with E-state index >= 15 is 0 Å². The number of carbonyl (C=O) groups excluding carboxylic acids is 1. The second-order valence-corrected chi connectivity index (χ2v) is 10.3. The number of rotatable bonds is 6. The molecule has 0 atom stereocenters. The Morgan fingerprint density at radius 1 is 1.28 bits per heavy atom. The highest BCUT2D eigenvalue weighted by Gasteiger charge is 2.45. The maximum Gasteiger partial charge on any atom is 0.410 e. The van der Waals surface area contributed by atoms with Gasteiger partial charge >= 0.3 is 6.09 Å². The lowest BCUT2D eigenvalue weighted by Crippen LogP contribution is -2.37. The van der Waals surface area contributed by atoms with Gasteiger partial charge in [0.2, 0.25) is 5.89 Å². The molecule has 2 aromatic rings. The van der Waals surface area contributed by atoms with Crippen LogP contribution < -0.4 is 4.74 Å². The molecule has 2 bridgehead atoms. The number of oxazole rings is 1. The quantitative estimate of drug-likeness (QED) is 0.535. The first kappa shape index (κ1) is 22.6. The second kappa shape index (κ2) is 8.75. The fourth-order valence-corrected chi connectivity index (χ4v) is 4.79. The molecule has 6 nitrogen and oxygen atoms in total. The van der Waals surface area contributed by atoms with Crippen LogP contribution in [-0.2, 0) is 10.2 Å². The van der Waals surface area contributed by atoms with Crippen molar-refractivity contribution in [2.75, 3.05) is 20.2 Å². The van der Waals surface area contributed by atoms with E-state index in [4.69, 9.17) is 18.9 Å². The van der Waals surface area contributed by atoms with Crippen molar-refractivity contribution in [3.8, 4) is 5.75 Å². The lowest BCUT2D eigenvalue weighted by atomic mass is 9.60. The third kappa shape index (κ3) is 4.92. The summed E-state index contributed by atoms with van der Waals surface area (Å²) in [6.07, 6.45) is 7.24. The Morgan fingerprint density at radius 3 is 2.59 bits per heavy atom. The van der Waals surface area contributed by atoms with Crippen LogP contribution in [-0.4, -0.2) is 41.8 Å². The largest absolute Gasteiger partial charge is 0.489 e. The minimum atomic E-state index is -0.608. The molecule has 0 saturated heterocycles. The van der Waals surface area contributed by atoms with Gasteiger partial charge in [-0.05, 0) is 77.3 Å². The van der Waals surface area contributed by atoms with E-state index in [1.54, 1.807) is 27.8 Å². The summed E-state index contributed by atoms with van der Waals surface area (Å²) in [5, 5.41) is 0. The van der Waals surface area contributed by atoms with Gasteiger partial charge in [-0.2, -0.15) is 0 Å². The molecular formula is C25H33FN2O4. The predicted octanol–water partition coefficient (Wildman–Crippen LogP) is 6.15. The number of likely N-dealkylation sites (N-methyl/N-ethyl adjacent to an activating group) is 1. The summed E-state index contributed by atoms with van der Waals surface area (Å²) in [5.74, 6) is 2.31. The fourth-order valence-electron chi connectivity index (χ4n) is 4.79. The third-order valence-electron chi connectivity index (χ3n) is 6.63. The fraction of sp³-hybridized carbons (Fsp3) is 0.600. The van der Waals surface area contributed by atoms with Crippen LogP contribution in [0, 0.1) is 5.92 Å². The topological polar surface area (TPSA) is 64.8 Å². The van der Waals surface area contributed by atoms with E-state index in [1.807, 2.05) is 18.2 Å². The molecule has 0 aliphatic heterocycles. The number of carbonyl (C=O) groups is 1. The molecule has 3 fully saturated rings. The molecule has 1 aromatic carbocycles. The first-order chi connectivity index (χ1) is 15.2. The Morgan fingerprint density at radius 2 is 1.97 bits per heavy atom. The van der Waals surface area contributed by atoms with Crippen LogP contribution in [0.5, 0.6) is 5.75 Å². The Kier molecular flexibility index (Phi) is 6.19. The molecule has 174 valence electrons. The molecule has 3 aliphatic rings. The van der Waals surface area contributed by atoms with E-state index in [2.05, 4.69) is 0 Å². The van der Waals surface area contributed by atoms with Crippen LogP contribution in [0.2, 0.25) is 0 Å². The summed E-state index contributed by atoms with van der Waals surface area (Å²) in [4.78, 5) is 18.2. The van der Waals surface area contributed by atoms with Crippen LogP contribution in [0.3, 0.4) is 0 Å². The molecule has 1 heterocycles. The summed E-state index contributed by atoms with van der Waals surface area (Å²) in [6.45, 7) is 5.46. The number of hydrogen-bond donors (Lipinski definition) is 0. The number of nitrogens with zero attached hydrogens (tertiary/aromatic N) is 2. The summed E-state index contributed by atoms with van der Waals surface area (Å²) in [6, 6.07) is 5.51. The molecule has 0 unspecified atom stereocenters. The highest BCUT2D eigenvalue weighted by Crippen LogP contribution is 2.51. The zero-order chi connectivity index (χ0) is 22.9. The van der Waals surface area contributed by atoms with E-state index < -0.39 is 11.7 Å². The number of fused-ring (bicyclic) bond motifs is 4. The minimum Gasteiger partial charge on any atom is -0.489 e. The van der Waals surface area contributed by atoms with E-state index in [0.717, 1.165) is 36.6 Å². The number of aromatic nitrogens is 1. The van der Waals surface area contributed by atoms with Crippen LogP contribution >= 0.6 is 0 Å². The zero-order valence-electron chi connectivity index (χ0n) is 19.4. The van der Waals surface area contributed by atoms with Gasteiger partial charge in [0.1, 0.15) is 23.5 Å². The first-order valence-electron chi connectivity index (χ1n) is 11.4. The number of benzene rings is 1. The average Bonchev–Trinajstić information content (AvgIpc) is 3.21. The Hall–Kier alpha value is -2.57. The molecule has 32 heavy (non-hydrogen) atoms. The van der Waals surface area contributed by atoms with Crippen molar-refractivity contribution in [3.63, 3.8) is 0 Å². The molecule has 0 radical (unpaired) electrons. The highest BCUT2D eigenvalue weighted by molar-refractivity contribution is 5.74. The molecule has 0 N–H and O–H groups in total. The lowest BCUT2D eigenvalue weighted by molar-refractivity contribution is 0.0310. The van der Waals surface area contributed by atoms with Crippen LogP contribution in [0.25, 0.3) is 11.1 Å². The van der Waals surface area contributed by atoms with Gasteiger partial charge in [-0.1, -0.05) is 0 Å². The Labute approximate surface area is 188 Å². The van der Waals surface area contributed by atoms with Crippen molar-refractivity contribution in [1.82, 2.24) is 9.88 Å². The average molecular weight is 445 g/mol. The predicted molar refractivity (Wildman–Crippen MR) is 120 cm³/mol. The van der Waals surface area contributed by atoms with Crippen molar-refractivity contribution >= 4 is 17.2 Å². The van der Waals surface area contributed by atoms with Crippen LogP contribution in [0.1, 0.15) is 65.2 Å². The van der Waals surface area contributed by atoms with Gasteiger partial charge in [-0.15, -0.1) is 0 Å². The molecule has 7 heteroatoms. The van der Waals surface area contributed by atoms with E-state index in [0.29, 0.717) is 23.2 Å². The van der Waals surface area contributed by atoms with Crippen molar-refractivity contribution in [1.29, 1.82) is 0 Å². The van der Waals surface area contributed by atoms with Crippen molar-refractivity contribution in [2.24, 2.45) is 5.92 Å². The van der Waals surface area contributed by atoms with E-state index in [9.17, 15) is 9.18 Å². The van der Waals surface area contributed by atoms with Crippen LogP contribution in [0.15, 0.2) is 34.5 Å². The monoisotopic (exact) mass is 444 g/mol. The van der Waals surface area contributed by atoms with Crippen molar-refractivity contribution < 1.29 is 23.1 Å². The van der Waals surface area contributed by atoms with Gasteiger partial charge < -0.3 is 18.8 Å². The van der Waals surface area contributed by atoms with E-state index in [-0.39, 0.29) is 18.6 Å². The SMILES string of the molecule is CN(C/C(=C\F)COc1ccc2nc(C34CCC(CC3)CC4)oc2c1)C(=O)OC(C)(C)C. The number of hydrogen-bond acceptors (Lipinski definition) is 5. The summed E-state index contributed by atoms with van der Waals surface area (Å²) >= 11 is 0. The summed E-state index contributed by atoms with van der Waals surface area (Å²) in [5.41, 5.74) is 1.32. The number of amides is 1. The maximum atomic E-state index is 13.4. The molecule has 3 saturated carbocycles. The lowest BCUT2D eigenvalue weighted by Gasteiger charge is -2.44.